The summed E-state index contributed by atoms with van der Waals surface area (Å²) in [5.74, 6) is 0.0335. The number of hydrogen-bond acceptors (Lipinski definition) is 3. The van der Waals surface area contributed by atoms with Crippen LogP contribution in [0, 0.1) is 5.92 Å². The lowest BCUT2D eigenvalue weighted by Gasteiger charge is -2.31. The predicted molar refractivity (Wildman–Crippen MR) is 60.1 cm³/mol. The van der Waals surface area contributed by atoms with Crippen molar-refractivity contribution in [2.45, 2.75) is 19.8 Å². The molecule has 2 rings (SSSR count). The van der Waals surface area contributed by atoms with E-state index in [2.05, 4.69) is 12.2 Å². The quantitative estimate of drug-likeness (QED) is 0.678. The average Bonchev–Trinajstić information content (AvgIpc) is 2.61. The van der Waals surface area contributed by atoms with E-state index in [1.165, 1.54) is 0 Å². The van der Waals surface area contributed by atoms with E-state index in [-0.39, 0.29) is 24.9 Å². The average molecular weight is 239 g/mol. The first-order valence-corrected chi connectivity index (χ1v) is 5.94. The molecule has 2 heterocycles. The van der Waals surface area contributed by atoms with Gasteiger partial charge >= 0.3 is 6.03 Å². The summed E-state index contributed by atoms with van der Waals surface area (Å²) >= 11 is 0. The SMILES string of the molecule is CC1CCCN(C(=O)CN2C(=O)CNC2=O)C1. The predicted octanol–water partition coefficient (Wildman–Crippen LogP) is -0.203. The topological polar surface area (TPSA) is 69.7 Å². The van der Waals surface area contributed by atoms with Gasteiger partial charge in [-0.15, -0.1) is 0 Å². The smallest absolute Gasteiger partial charge is 0.325 e. The minimum Gasteiger partial charge on any atom is -0.341 e. The highest BCUT2D eigenvalue weighted by Gasteiger charge is 2.32. The number of likely N-dealkylation sites (tertiary alicyclic amines) is 1. The van der Waals surface area contributed by atoms with Crippen LogP contribution in [0.15, 0.2) is 0 Å². The van der Waals surface area contributed by atoms with E-state index in [9.17, 15) is 14.4 Å². The molecule has 0 aromatic rings. The number of amides is 4. The molecule has 0 bridgehead atoms. The molecule has 1 N–H and O–H groups in total. The van der Waals surface area contributed by atoms with Gasteiger partial charge in [-0.25, -0.2) is 4.79 Å². The molecule has 0 aromatic carbocycles. The van der Waals surface area contributed by atoms with Gasteiger partial charge in [-0.05, 0) is 18.8 Å². The molecule has 1 atom stereocenters. The number of carbonyl (C=O) groups is 3. The van der Waals surface area contributed by atoms with Crippen LogP contribution < -0.4 is 5.32 Å². The maximum atomic E-state index is 11.9. The number of imide groups is 1. The van der Waals surface area contributed by atoms with Gasteiger partial charge in [0.15, 0.2) is 0 Å². The Bertz CT molecular complexity index is 340. The lowest BCUT2D eigenvalue weighted by molar-refractivity contribution is -0.137. The van der Waals surface area contributed by atoms with E-state index >= 15 is 0 Å². The van der Waals surface area contributed by atoms with E-state index < -0.39 is 6.03 Å². The maximum absolute atomic E-state index is 11.9. The van der Waals surface area contributed by atoms with Crippen molar-refractivity contribution in [2.24, 2.45) is 5.92 Å². The van der Waals surface area contributed by atoms with Gasteiger partial charge < -0.3 is 10.2 Å². The maximum Gasteiger partial charge on any atom is 0.325 e. The molecule has 2 aliphatic rings. The standard InChI is InChI=1S/C11H17N3O3/c1-8-3-2-4-13(6-8)10(16)7-14-9(15)5-12-11(14)17/h8H,2-7H2,1H3,(H,12,17). The van der Waals surface area contributed by atoms with Crippen molar-refractivity contribution in [3.63, 3.8) is 0 Å². The summed E-state index contributed by atoms with van der Waals surface area (Å²) in [4.78, 5) is 37.3. The third kappa shape index (κ3) is 2.57. The summed E-state index contributed by atoms with van der Waals surface area (Å²) in [5, 5.41) is 2.40. The molecule has 2 fully saturated rings. The minimum absolute atomic E-state index is 0.00250. The molecule has 2 saturated heterocycles. The molecular formula is C11H17N3O3. The highest BCUT2D eigenvalue weighted by Crippen LogP contribution is 2.15. The lowest BCUT2D eigenvalue weighted by Crippen LogP contribution is -2.46. The van der Waals surface area contributed by atoms with Crippen LogP contribution in [0.3, 0.4) is 0 Å². The monoisotopic (exact) mass is 239 g/mol. The van der Waals surface area contributed by atoms with Crippen LogP contribution in [0.5, 0.6) is 0 Å². The van der Waals surface area contributed by atoms with E-state index in [0.29, 0.717) is 5.92 Å². The van der Waals surface area contributed by atoms with Crippen LogP contribution in [-0.4, -0.2) is 53.8 Å². The van der Waals surface area contributed by atoms with Crippen LogP contribution in [0.1, 0.15) is 19.8 Å². The molecule has 0 aromatic heterocycles. The number of piperidine rings is 1. The van der Waals surface area contributed by atoms with E-state index in [4.69, 9.17) is 0 Å². The Balaban J connectivity index is 1.92. The third-order valence-electron chi connectivity index (χ3n) is 3.24. The van der Waals surface area contributed by atoms with Crippen LogP contribution in [-0.2, 0) is 9.59 Å². The zero-order chi connectivity index (χ0) is 12.4. The van der Waals surface area contributed by atoms with E-state index in [1.54, 1.807) is 4.90 Å². The van der Waals surface area contributed by atoms with Crippen LogP contribution in [0.2, 0.25) is 0 Å². The van der Waals surface area contributed by atoms with Crippen molar-refractivity contribution in [2.75, 3.05) is 26.2 Å². The van der Waals surface area contributed by atoms with Gasteiger partial charge in [0.1, 0.15) is 6.54 Å². The molecule has 6 nitrogen and oxygen atoms in total. The highest BCUT2D eigenvalue weighted by atomic mass is 16.2. The van der Waals surface area contributed by atoms with Crippen molar-refractivity contribution in [3.8, 4) is 0 Å². The number of urea groups is 1. The van der Waals surface area contributed by atoms with Crippen molar-refractivity contribution < 1.29 is 14.4 Å². The van der Waals surface area contributed by atoms with Crippen LogP contribution in [0.4, 0.5) is 4.79 Å². The summed E-state index contributed by atoms with van der Waals surface area (Å²) < 4.78 is 0. The molecule has 0 radical (unpaired) electrons. The third-order valence-corrected chi connectivity index (χ3v) is 3.24. The highest BCUT2D eigenvalue weighted by molar-refractivity contribution is 6.04. The summed E-state index contributed by atoms with van der Waals surface area (Å²) in [7, 11) is 0. The summed E-state index contributed by atoms with van der Waals surface area (Å²) in [6.45, 7) is 3.43. The Kier molecular flexibility index (Phi) is 3.31. The Morgan fingerprint density at radius 1 is 1.47 bits per heavy atom. The zero-order valence-corrected chi connectivity index (χ0v) is 9.94. The van der Waals surface area contributed by atoms with Gasteiger partial charge in [0.05, 0.1) is 6.54 Å². The fourth-order valence-corrected chi connectivity index (χ4v) is 2.27. The zero-order valence-electron chi connectivity index (χ0n) is 9.94. The molecular weight excluding hydrogens is 222 g/mol. The first-order chi connectivity index (χ1) is 8.08. The Morgan fingerprint density at radius 3 is 2.82 bits per heavy atom. The van der Waals surface area contributed by atoms with Crippen molar-refractivity contribution >= 4 is 17.8 Å². The molecule has 4 amide bonds. The van der Waals surface area contributed by atoms with Gasteiger partial charge in [0.2, 0.25) is 5.91 Å². The fourth-order valence-electron chi connectivity index (χ4n) is 2.27. The largest absolute Gasteiger partial charge is 0.341 e. The number of hydrogen-bond donors (Lipinski definition) is 1. The Hall–Kier alpha value is -1.59. The van der Waals surface area contributed by atoms with Crippen molar-refractivity contribution in [1.82, 2.24) is 15.1 Å². The van der Waals surface area contributed by atoms with Gasteiger partial charge in [0, 0.05) is 13.1 Å². The Labute approximate surface area is 99.9 Å². The molecule has 0 spiro atoms. The number of nitrogens with zero attached hydrogens (tertiary/aromatic N) is 2. The summed E-state index contributed by atoms with van der Waals surface area (Å²) in [5.41, 5.74) is 0. The minimum atomic E-state index is -0.464. The van der Waals surface area contributed by atoms with Gasteiger partial charge in [0.25, 0.3) is 5.91 Å². The lowest BCUT2D eigenvalue weighted by atomic mass is 10.0. The summed E-state index contributed by atoms with van der Waals surface area (Å²) in [6, 6.07) is -0.464. The molecule has 0 saturated carbocycles. The molecule has 94 valence electrons. The van der Waals surface area contributed by atoms with Gasteiger partial charge in [-0.1, -0.05) is 6.92 Å². The van der Waals surface area contributed by atoms with Crippen LogP contribution in [0.25, 0.3) is 0 Å². The first kappa shape index (κ1) is 11.9. The fraction of sp³-hybridized carbons (Fsp3) is 0.727. The number of carbonyl (C=O) groups excluding carboxylic acids is 3. The number of rotatable bonds is 2. The molecule has 2 aliphatic heterocycles. The molecule has 17 heavy (non-hydrogen) atoms. The van der Waals surface area contributed by atoms with Gasteiger partial charge in [-0.2, -0.15) is 0 Å². The van der Waals surface area contributed by atoms with E-state index in [1.807, 2.05) is 0 Å². The number of nitrogens with one attached hydrogen (secondary N) is 1. The molecule has 1 unspecified atom stereocenters. The Morgan fingerprint density at radius 2 is 2.24 bits per heavy atom. The second-order valence-corrected chi connectivity index (χ2v) is 4.73. The van der Waals surface area contributed by atoms with Crippen LogP contribution >= 0.6 is 0 Å². The second-order valence-electron chi connectivity index (χ2n) is 4.73. The second kappa shape index (κ2) is 4.73. The molecule has 6 heteroatoms. The first-order valence-electron chi connectivity index (χ1n) is 5.94. The molecule has 0 aliphatic carbocycles. The van der Waals surface area contributed by atoms with Crippen molar-refractivity contribution in [3.05, 3.63) is 0 Å². The van der Waals surface area contributed by atoms with E-state index in [0.717, 1.165) is 30.8 Å². The summed E-state index contributed by atoms with van der Waals surface area (Å²) in [6.07, 6.45) is 2.12. The normalized spacial score (nSPS) is 25.1. The van der Waals surface area contributed by atoms with Gasteiger partial charge in [-0.3, -0.25) is 14.5 Å². The van der Waals surface area contributed by atoms with Crippen molar-refractivity contribution in [1.29, 1.82) is 0 Å².